The van der Waals surface area contributed by atoms with Crippen LogP contribution in [-0.4, -0.2) is 26.5 Å². The number of nitrogens with zero attached hydrogens (tertiary/aromatic N) is 3. The first-order valence-corrected chi connectivity index (χ1v) is 12.9. The molecule has 4 aromatic rings. The number of carboxylic acid groups (broad SMARTS) is 1. The van der Waals surface area contributed by atoms with E-state index < -0.39 is 29.6 Å². The van der Waals surface area contributed by atoms with Gasteiger partial charge in [-0.2, -0.15) is 5.26 Å². The standard InChI is InChI=1S/C29H23ClF2N4O3/c30-20-9-6-17(7-10-20)27-34-24-13-21(31)22(32)14-25(24)36(27)26(16-4-2-1-3-5-16)28(37)35-23-11-8-18(29(38)39)12-19(23)15-33/h6-14,16,26H,1-5H2,(H,35,37)(H,38,39). The fourth-order valence-electron chi connectivity index (χ4n) is 5.25. The number of carboxylic acids is 1. The van der Waals surface area contributed by atoms with Gasteiger partial charge in [0.2, 0.25) is 5.91 Å². The summed E-state index contributed by atoms with van der Waals surface area (Å²) in [7, 11) is 0. The molecule has 0 aliphatic heterocycles. The van der Waals surface area contributed by atoms with E-state index in [2.05, 4.69) is 10.3 Å². The lowest BCUT2D eigenvalue weighted by Gasteiger charge is -2.32. The van der Waals surface area contributed by atoms with Crippen molar-refractivity contribution >= 4 is 40.2 Å². The Kier molecular flexibility index (Phi) is 7.31. The Morgan fingerprint density at radius 2 is 1.74 bits per heavy atom. The van der Waals surface area contributed by atoms with Gasteiger partial charge in [0.05, 0.1) is 27.8 Å². The monoisotopic (exact) mass is 548 g/mol. The number of fused-ring (bicyclic) bond motifs is 1. The third-order valence-electron chi connectivity index (χ3n) is 7.12. The maximum absolute atomic E-state index is 14.5. The SMILES string of the molecule is N#Cc1cc(C(=O)O)ccc1NC(=O)C(C1CCCCC1)n1c(-c2ccc(Cl)cc2)nc2cc(F)c(F)cc21. The Bertz CT molecular complexity index is 1620. The van der Waals surface area contributed by atoms with Gasteiger partial charge >= 0.3 is 5.97 Å². The number of rotatable bonds is 6. The number of carbonyl (C=O) groups excluding carboxylic acids is 1. The first-order chi connectivity index (χ1) is 18.8. The van der Waals surface area contributed by atoms with E-state index in [0.29, 0.717) is 16.4 Å². The van der Waals surface area contributed by atoms with Gasteiger partial charge in [0.25, 0.3) is 0 Å². The summed E-state index contributed by atoms with van der Waals surface area (Å²) in [5.74, 6) is -3.59. The number of hydrogen-bond donors (Lipinski definition) is 2. The average molecular weight is 549 g/mol. The number of benzene rings is 3. The number of carbonyl (C=O) groups is 2. The van der Waals surface area contributed by atoms with Crippen molar-refractivity contribution in [1.29, 1.82) is 5.26 Å². The summed E-state index contributed by atoms with van der Waals surface area (Å²) in [6, 6.07) is 13.8. The smallest absolute Gasteiger partial charge is 0.335 e. The van der Waals surface area contributed by atoms with E-state index in [0.717, 1.165) is 44.2 Å². The van der Waals surface area contributed by atoms with Crippen LogP contribution in [0.25, 0.3) is 22.4 Å². The molecule has 10 heteroatoms. The third-order valence-corrected chi connectivity index (χ3v) is 7.37. The predicted octanol–water partition coefficient (Wildman–Crippen LogP) is 6.96. The highest BCUT2D eigenvalue weighted by Crippen LogP contribution is 2.39. The average Bonchev–Trinajstić information content (AvgIpc) is 3.27. The Balaban J connectivity index is 1.68. The molecule has 198 valence electrons. The summed E-state index contributed by atoms with van der Waals surface area (Å²) in [6.07, 6.45) is 4.28. The molecule has 1 heterocycles. The quantitative estimate of drug-likeness (QED) is 0.270. The molecule has 3 aromatic carbocycles. The number of halogens is 3. The molecule has 1 fully saturated rings. The van der Waals surface area contributed by atoms with Crippen LogP contribution in [0.3, 0.4) is 0 Å². The van der Waals surface area contributed by atoms with Crippen LogP contribution in [0.1, 0.15) is 54.1 Å². The van der Waals surface area contributed by atoms with E-state index >= 15 is 0 Å². The molecule has 0 spiro atoms. The van der Waals surface area contributed by atoms with Crippen molar-refractivity contribution in [2.24, 2.45) is 5.92 Å². The van der Waals surface area contributed by atoms with Crippen LogP contribution in [0.5, 0.6) is 0 Å². The largest absolute Gasteiger partial charge is 0.478 e. The molecule has 1 unspecified atom stereocenters. The van der Waals surface area contributed by atoms with Crippen molar-refractivity contribution in [2.75, 3.05) is 5.32 Å². The minimum Gasteiger partial charge on any atom is -0.478 e. The van der Waals surface area contributed by atoms with Crippen molar-refractivity contribution < 1.29 is 23.5 Å². The van der Waals surface area contributed by atoms with E-state index in [4.69, 9.17) is 11.6 Å². The van der Waals surface area contributed by atoms with Crippen LogP contribution in [-0.2, 0) is 4.79 Å². The van der Waals surface area contributed by atoms with E-state index in [1.165, 1.54) is 18.2 Å². The van der Waals surface area contributed by atoms with E-state index in [9.17, 15) is 28.7 Å². The number of amides is 1. The van der Waals surface area contributed by atoms with Crippen molar-refractivity contribution in [2.45, 2.75) is 38.1 Å². The van der Waals surface area contributed by atoms with E-state index in [-0.39, 0.29) is 33.8 Å². The molecule has 1 saturated carbocycles. The summed E-state index contributed by atoms with van der Waals surface area (Å²) in [5.41, 5.74) is 1.11. The molecule has 1 aliphatic carbocycles. The maximum Gasteiger partial charge on any atom is 0.335 e. The first-order valence-electron chi connectivity index (χ1n) is 12.5. The van der Waals surface area contributed by atoms with Crippen molar-refractivity contribution in [3.63, 3.8) is 0 Å². The van der Waals surface area contributed by atoms with Crippen LogP contribution in [0, 0.1) is 28.9 Å². The highest BCUT2D eigenvalue weighted by Gasteiger charge is 2.35. The minimum atomic E-state index is -1.20. The van der Waals surface area contributed by atoms with Crippen LogP contribution in [0.4, 0.5) is 14.5 Å². The van der Waals surface area contributed by atoms with Gasteiger partial charge in [0.15, 0.2) is 11.6 Å². The topological polar surface area (TPSA) is 108 Å². The lowest BCUT2D eigenvalue weighted by molar-refractivity contribution is -0.121. The molecule has 2 N–H and O–H groups in total. The molecule has 5 rings (SSSR count). The number of imidazole rings is 1. The number of aromatic carboxylic acids is 1. The Hall–Kier alpha value is -4.29. The number of hydrogen-bond acceptors (Lipinski definition) is 4. The Morgan fingerprint density at radius 3 is 2.41 bits per heavy atom. The lowest BCUT2D eigenvalue weighted by atomic mass is 9.83. The van der Waals surface area contributed by atoms with Crippen LogP contribution >= 0.6 is 11.6 Å². The van der Waals surface area contributed by atoms with Crippen LogP contribution < -0.4 is 5.32 Å². The zero-order chi connectivity index (χ0) is 27.7. The second-order valence-electron chi connectivity index (χ2n) is 9.58. The molecule has 7 nitrogen and oxygen atoms in total. The highest BCUT2D eigenvalue weighted by molar-refractivity contribution is 6.30. The van der Waals surface area contributed by atoms with Crippen molar-refractivity contribution in [1.82, 2.24) is 9.55 Å². The Morgan fingerprint density at radius 1 is 1.05 bits per heavy atom. The van der Waals surface area contributed by atoms with Crippen molar-refractivity contribution in [3.05, 3.63) is 82.4 Å². The molecule has 1 aromatic heterocycles. The van der Waals surface area contributed by atoms with Gasteiger partial charge in [-0.1, -0.05) is 30.9 Å². The van der Waals surface area contributed by atoms with Gasteiger partial charge < -0.3 is 15.0 Å². The summed E-state index contributed by atoms with van der Waals surface area (Å²) in [6.45, 7) is 0. The number of aromatic nitrogens is 2. The van der Waals surface area contributed by atoms with Crippen molar-refractivity contribution in [3.8, 4) is 17.5 Å². The summed E-state index contributed by atoms with van der Waals surface area (Å²) in [5, 5.41) is 22.2. The maximum atomic E-state index is 14.5. The fourth-order valence-corrected chi connectivity index (χ4v) is 5.38. The zero-order valence-corrected chi connectivity index (χ0v) is 21.4. The molecule has 1 atom stereocenters. The van der Waals surface area contributed by atoms with Gasteiger partial charge in [-0.15, -0.1) is 0 Å². The van der Waals surface area contributed by atoms with Gasteiger partial charge in [-0.3, -0.25) is 4.79 Å². The zero-order valence-electron chi connectivity index (χ0n) is 20.6. The molecule has 1 aliphatic rings. The predicted molar refractivity (Wildman–Crippen MR) is 142 cm³/mol. The fraction of sp³-hybridized carbons (Fsp3) is 0.241. The molecular formula is C29H23ClF2N4O3. The molecule has 0 saturated heterocycles. The van der Waals surface area contributed by atoms with Gasteiger partial charge in [0, 0.05) is 22.7 Å². The minimum absolute atomic E-state index is 0.00725. The van der Waals surface area contributed by atoms with Gasteiger partial charge in [-0.05, 0) is 61.2 Å². The molecule has 0 bridgehead atoms. The third kappa shape index (κ3) is 5.20. The Labute approximate surface area is 227 Å². The molecule has 0 radical (unpaired) electrons. The summed E-state index contributed by atoms with van der Waals surface area (Å²) >= 11 is 6.09. The van der Waals surface area contributed by atoms with E-state index in [1.54, 1.807) is 28.8 Å². The summed E-state index contributed by atoms with van der Waals surface area (Å²) in [4.78, 5) is 30.0. The highest BCUT2D eigenvalue weighted by atomic mass is 35.5. The van der Waals surface area contributed by atoms with E-state index in [1.807, 2.05) is 6.07 Å². The second-order valence-corrected chi connectivity index (χ2v) is 10.0. The number of anilines is 1. The van der Waals surface area contributed by atoms with Crippen LogP contribution in [0.15, 0.2) is 54.6 Å². The molecule has 39 heavy (non-hydrogen) atoms. The van der Waals surface area contributed by atoms with Gasteiger partial charge in [0.1, 0.15) is 17.9 Å². The molecular weight excluding hydrogens is 526 g/mol. The van der Waals surface area contributed by atoms with Crippen LogP contribution in [0.2, 0.25) is 5.02 Å². The number of nitrogens with one attached hydrogen (secondary N) is 1. The van der Waals surface area contributed by atoms with Gasteiger partial charge in [-0.25, -0.2) is 18.6 Å². The molecule has 1 amide bonds. The lowest BCUT2D eigenvalue weighted by Crippen LogP contribution is -2.34. The first kappa shape index (κ1) is 26.3. The summed E-state index contributed by atoms with van der Waals surface area (Å²) < 4.78 is 30.4. The normalized spacial score (nSPS) is 14.6. The second kappa shape index (κ2) is 10.8. The number of nitriles is 1.